The molecule has 0 saturated carbocycles. The molecule has 0 bridgehead atoms. The van der Waals surface area contributed by atoms with Gasteiger partial charge in [-0.1, -0.05) is 162 Å². The number of carbonyl (C=O) groups excluding carboxylic acids is 20. The SMILES string of the molecule is CCC(CO)COC(=O)CC(=O)c1cc2c(o1)C(=O)c1ccccc1C2=O.CCC(O)COC(=O)CC(=O)c1cc2c(o1)C(=O)c1ccccc1C2=O.CCCCOC(=O)CC(=O)c1cc2c(o1)C(=O)c1ccccc1C2=O.CCCOC(=O)CC(=O)c1cc2c(o1)C(=O)c1ccccc1C2=O.CCCOCCOC(=O)CC(=O)c1cc2c(o1)C(=O)c1ccccc1C2=O. The maximum absolute atomic E-state index is 12.5. The topological polar surface area (TPSA) is 503 Å². The molecule has 2 atom stereocenters. The summed E-state index contributed by atoms with van der Waals surface area (Å²) in [5.41, 5.74) is 2.61. The third-order valence-electron chi connectivity index (χ3n) is 20.2. The van der Waals surface area contributed by atoms with Crippen molar-refractivity contribution in [2.24, 2.45) is 5.92 Å². The quantitative estimate of drug-likeness (QED) is 0.0130. The van der Waals surface area contributed by atoms with E-state index in [0.29, 0.717) is 25.9 Å². The van der Waals surface area contributed by atoms with Gasteiger partial charge in [0.1, 0.15) is 45.3 Å². The predicted octanol–water partition coefficient (Wildman–Crippen LogP) is 12.3. The van der Waals surface area contributed by atoms with Crippen LogP contribution in [0.4, 0.5) is 0 Å². The van der Waals surface area contributed by atoms with Gasteiger partial charge < -0.3 is 60.7 Å². The zero-order valence-corrected chi connectivity index (χ0v) is 70.1. The Hall–Kier alpha value is -15.2. The highest BCUT2D eigenvalue weighted by molar-refractivity contribution is 6.32. The molecule has 0 aliphatic heterocycles. The van der Waals surface area contributed by atoms with Crippen LogP contribution in [0.1, 0.15) is 318 Å². The van der Waals surface area contributed by atoms with Crippen molar-refractivity contribution in [3.05, 3.63) is 293 Å². The molecule has 0 saturated heterocycles. The van der Waals surface area contributed by atoms with Crippen LogP contribution in [0.15, 0.2) is 174 Å². The fourth-order valence-corrected chi connectivity index (χ4v) is 13.2. The summed E-state index contributed by atoms with van der Waals surface area (Å²) in [5, 5.41) is 18.4. The number of hydrogen-bond acceptors (Lipinski definition) is 33. The number of carbonyl (C=O) groups is 20. The minimum Gasteiger partial charge on any atom is -0.465 e. The Morgan fingerprint density at radius 2 is 0.519 bits per heavy atom. The van der Waals surface area contributed by atoms with E-state index in [2.05, 4.69) is 0 Å². The van der Waals surface area contributed by atoms with Gasteiger partial charge in [0.05, 0.1) is 60.3 Å². The van der Waals surface area contributed by atoms with E-state index in [0.717, 1.165) is 19.3 Å². The average molecular weight is 1760 g/mol. The lowest BCUT2D eigenvalue weighted by atomic mass is 9.88. The van der Waals surface area contributed by atoms with Crippen LogP contribution in [0.5, 0.6) is 0 Å². The number of benzene rings is 5. The van der Waals surface area contributed by atoms with E-state index in [1.807, 2.05) is 27.7 Å². The zero-order chi connectivity index (χ0) is 93.0. The molecule has 15 rings (SSSR count). The number of esters is 5. The lowest BCUT2D eigenvalue weighted by Gasteiger charge is -2.11. The Labute approximate surface area is 732 Å². The van der Waals surface area contributed by atoms with Crippen LogP contribution in [-0.4, -0.2) is 186 Å². The third kappa shape index (κ3) is 21.8. The van der Waals surface area contributed by atoms with Gasteiger partial charge in [0, 0.05) is 74.8 Å². The summed E-state index contributed by atoms with van der Waals surface area (Å²) in [7, 11) is 0. The van der Waals surface area contributed by atoms with Crippen molar-refractivity contribution >= 4 is 117 Å². The van der Waals surface area contributed by atoms with Gasteiger partial charge in [-0.2, -0.15) is 0 Å². The first-order valence-electron chi connectivity index (χ1n) is 40.9. The van der Waals surface area contributed by atoms with Crippen LogP contribution in [0, 0.1) is 5.92 Å². The number of fused-ring (bicyclic) bond motifs is 10. The Balaban J connectivity index is 0.000000156. The Morgan fingerprint density at radius 3 is 0.760 bits per heavy atom. The summed E-state index contributed by atoms with van der Waals surface area (Å²) in [4.78, 5) is 244. The molecule has 5 aliphatic rings. The smallest absolute Gasteiger partial charge is 0.313 e. The highest BCUT2D eigenvalue weighted by Crippen LogP contribution is 2.36. The van der Waals surface area contributed by atoms with Crippen LogP contribution in [0.25, 0.3) is 0 Å². The van der Waals surface area contributed by atoms with Crippen molar-refractivity contribution in [3.8, 4) is 0 Å². The standard InChI is InChI=1S/2C20H18O7.C19H16O7.C19H16O6.C18H14O6/c1-2-11(9-21)10-26-17(23)8-15(22)16-7-14-18(24)12-5-3-4-6-13(12)19(25)20(14)27-16;1-2-7-25-8-9-26-17(22)11-15(21)16-10-14-18(23)12-5-3-4-6-13(12)19(24)20(14)27-16;1-2-10(20)9-25-16(22)8-14(21)15-7-13-17(23)11-5-3-4-6-12(11)18(24)19(13)26-15;1-2-3-8-24-16(21)10-14(20)15-9-13-17(22)11-6-4-5-7-12(11)18(23)19(13)25-15;1-2-7-23-15(20)9-13(19)14-8-12-16(21)10-5-3-4-6-11(10)17(22)18(12)24-14/h3-7,11,21H,2,8-10H2,1H3;3-6,10H,2,7-9,11H2,1H3;3-7,10,20H,2,8-9H2,1H3;4-7,9H,2-3,8,10H2,1H3;3-6,8H,2,7,9H2,1H3. The van der Waals surface area contributed by atoms with Crippen molar-refractivity contribution in [1.29, 1.82) is 0 Å². The van der Waals surface area contributed by atoms with Gasteiger partial charge in [-0.25, -0.2) is 0 Å². The first-order chi connectivity index (χ1) is 61.9. The molecule has 10 aromatic rings. The second-order valence-electron chi connectivity index (χ2n) is 29.3. The molecule has 33 heteroatoms. The number of ketones is 15. The molecule has 5 aliphatic carbocycles. The zero-order valence-electron chi connectivity index (χ0n) is 70.1. The maximum Gasteiger partial charge on any atom is 0.313 e. The number of furan rings is 5. The molecule has 0 fully saturated rings. The largest absolute Gasteiger partial charge is 0.465 e. The molecule has 2 N–H and O–H groups in total. The highest BCUT2D eigenvalue weighted by atomic mass is 16.6. The average Bonchev–Trinajstić information content (AvgIpc) is 1.72. The van der Waals surface area contributed by atoms with Gasteiger partial charge in [-0.15, -0.1) is 0 Å². The molecular weight excluding hydrogens is 1680 g/mol. The number of rotatable bonds is 32. The number of aliphatic hydroxyl groups excluding tert-OH is 2. The van der Waals surface area contributed by atoms with Crippen molar-refractivity contribution < 1.29 is 157 Å². The first kappa shape index (κ1) is 94.5. The lowest BCUT2D eigenvalue weighted by Crippen LogP contribution is -2.19. The molecule has 129 heavy (non-hydrogen) atoms. The molecule has 5 aromatic heterocycles. The molecule has 5 heterocycles. The van der Waals surface area contributed by atoms with E-state index in [9.17, 15) is 101 Å². The molecule has 0 spiro atoms. The summed E-state index contributed by atoms with van der Waals surface area (Å²) in [5.74, 6) is -13.4. The van der Waals surface area contributed by atoms with Crippen LogP contribution in [0.2, 0.25) is 0 Å². The highest BCUT2D eigenvalue weighted by Gasteiger charge is 2.41. The molecular formula is C96H82O33. The third-order valence-corrected chi connectivity index (χ3v) is 20.2. The van der Waals surface area contributed by atoms with Crippen molar-refractivity contribution in [2.45, 2.75) is 111 Å². The second-order valence-corrected chi connectivity index (χ2v) is 29.3. The number of ether oxygens (including phenoxy) is 6. The van der Waals surface area contributed by atoms with Crippen molar-refractivity contribution in [1.82, 2.24) is 0 Å². The molecule has 664 valence electrons. The van der Waals surface area contributed by atoms with E-state index in [1.165, 1.54) is 72.8 Å². The summed E-state index contributed by atoms with van der Waals surface area (Å²) in [6, 6.07) is 37.9. The van der Waals surface area contributed by atoms with Crippen LogP contribution >= 0.6 is 0 Å². The van der Waals surface area contributed by atoms with E-state index < -0.39 is 143 Å². The van der Waals surface area contributed by atoms with Crippen LogP contribution in [0.3, 0.4) is 0 Å². The maximum atomic E-state index is 12.5. The summed E-state index contributed by atoms with van der Waals surface area (Å²) < 4.78 is 56.1. The van der Waals surface area contributed by atoms with Crippen LogP contribution < -0.4 is 0 Å². The van der Waals surface area contributed by atoms with Gasteiger partial charge in [-0.05, 0) is 62.4 Å². The van der Waals surface area contributed by atoms with Crippen molar-refractivity contribution in [3.63, 3.8) is 0 Å². The fourth-order valence-electron chi connectivity index (χ4n) is 13.2. The monoisotopic (exact) mass is 1760 g/mol. The fraction of sp³-hybridized carbons (Fsp3) is 0.271. The second kappa shape index (κ2) is 43.1. The van der Waals surface area contributed by atoms with E-state index >= 15 is 0 Å². The molecule has 2 unspecified atom stereocenters. The number of hydrogen-bond donors (Lipinski definition) is 2. The number of unbranched alkanes of at least 4 members (excludes halogenated alkanes) is 1. The van der Waals surface area contributed by atoms with Gasteiger partial charge >= 0.3 is 29.8 Å². The molecule has 0 amide bonds. The minimum atomic E-state index is -0.821. The number of Topliss-reactive ketones (excluding diaryl/α,β-unsaturated/α-hetero) is 5. The summed E-state index contributed by atoms with van der Waals surface area (Å²) >= 11 is 0. The first-order valence-corrected chi connectivity index (χ1v) is 40.9. The summed E-state index contributed by atoms with van der Waals surface area (Å²) in [6.45, 7) is 10.4. The molecule has 0 radical (unpaired) electrons. The van der Waals surface area contributed by atoms with Gasteiger partial charge in [0.15, 0.2) is 86.5 Å². The Morgan fingerprint density at radius 1 is 0.279 bits per heavy atom. The van der Waals surface area contributed by atoms with Gasteiger partial charge in [-0.3, -0.25) is 95.9 Å². The Bertz CT molecular complexity index is 5920. The minimum absolute atomic E-state index is 0.00632. The van der Waals surface area contributed by atoms with Crippen molar-refractivity contribution in [2.75, 3.05) is 52.9 Å². The van der Waals surface area contributed by atoms with Crippen LogP contribution in [-0.2, 0) is 52.4 Å². The van der Waals surface area contributed by atoms with E-state index in [-0.39, 0.29) is 205 Å². The lowest BCUT2D eigenvalue weighted by molar-refractivity contribution is -0.146. The van der Waals surface area contributed by atoms with E-state index in [1.54, 1.807) is 85.8 Å². The normalized spacial score (nSPS) is 13.0. The van der Waals surface area contributed by atoms with Gasteiger partial charge in [0.2, 0.25) is 57.8 Å². The number of aliphatic hydroxyl groups is 2. The molecule has 33 nitrogen and oxygen atoms in total. The predicted molar refractivity (Wildman–Crippen MR) is 443 cm³/mol. The molecule has 5 aromatic carbocycles. The van der Waals surface area contributed by atoms with E-state index in [4.69, 9.17) is 55.6 Å². The summed E-state index contributed by atoms with van der Waals surface area (Å²) in [6.07, 6.45) is 0.619. The van der Waals surface area contributed by atoms with Gasteiger partial charge in [0.25, 0.3) is 0 Å². The Kier molecular flexibility index (Phi) is 31.6.